The maximum absolute atomic E-state index is 15.8. The van der Waals surface area contributed by atoms with Crippen LogP contribution in [0.2, 0.25) is 0 Å². The fraction of sp³-hybridized carbons (Fsp3) is 0.312. The van der Waals surface area contributed by atoms with Gasteiger partial charge in [-0.15, -0.1) is 0 Å². The summed E-state index contributed by atoms with van der Waals surface area (Å²) in [6.45, 7) is 8.42. The molecule has 8 nitrogen and oxygen atoms in total. The van der Waals surface area contributed by atoms with Crippen molar-refractivity contribution in [3.05, 3.63) is 93.8 Å². The summed E-state index contributed by atoms with van der Waals surface area (Å²) < 4.78 is 37.6. The van der Waals surface area contributed by atoms with Crippen molar-refractivity contribution in [3.8, 4) is 11.4 Å². The first kappa shape index (κ1) is 29.1. The number of anilines is 2. The Kier molecular flexibility index (Phi) is 8.44. The molecule has 3 aromatic carbocycles. The van der Waals surface area contributed by atoms with E-state index >= 15 is 4.39 Å². The lowest BCUT2D eigenvalue weighted by Crippen LogP contribution is -2.47. The average Bonchev–Trinajstić information content (AvgIpc) is 3.00. The summed E-state index contributed by atoms with van der Waals surface area (Å²) in [5.41, 5.74) is 1.36. The summed E-state index contributed by atoms with van der Waals surface area (Å²) in [6.07, 6.45) is 1.27. The van der Waals surface area contributed by atoms with Gasteiger partial charge in [-0.2, -0.15) is 0 Å². The van der Waals surface area contributed by atoms with E-state index in [2.05, 4.69) is 18.7 Å². The number of benzene rings is 3. The Morgan fingerprint density at radius 2 is 1.60 bits per heavy atom. The van der Waals surface area contributed by atoms with E-state index in [1.54, 1.807) is 22.8 Å². The van der Waals surface area contributed by atoms with E-state index in [0.29, 0.717) is 37.6 Å². The molecule has 0 saturated carbocycles. The number of nitrogens with zero attached hydrogens (tertiary/aromatic N) is 4. The number of rotatable bonds is 9. The number of piperazine rings is 1. The molecule has 0 aliphatic carbocycles. The third-order valence-corrected chi connectivity index (χ3v) is 7.91. The highest BCUT2D eigenvalue weighted by Crippen LogP contribution is 2.40. The van der Waals surface area contributed by atoms with Gasteiger partial charge in [-0.05, 0) is 49.0 Å². The molecule has 2 heterocycles. The number of carbonyl (C=O) groups is 1. The van der Waals surface area contributed by atoms with Gasteiger partial charge in [0.15, 0.2) is 11.6 Å². The third-order valence-electron chi connectivity index (χ3n) is 7.91. The highest BCUT2D eigenvalue weighted by Gasteiger charge is 2.28. The van der Waals surface area contributed by atoms with E-state index in [1.165, 1.54) is 19.4 Å². The molecule has 1 aromatic heterocycles. The van der Waals surface area contributed by atoms with E-state index in [1.807, 2.05) is 34.1 Å². The van der Waals surface area contributed by atoms with Gasteiger partial charge in [0.05, 0.1) is 18.2 Å². The number of fused-ring (bicyclic) bond motifs is 1. The molecule has 1 aliphatic rings. The monoisotopic (exact) mass is 576 g/mol. The van der Waals surface area contributed by atoms with Crippen molar-refractivity contribution in [2.75, 3.05) is 56.2 Å². The van der Waals surface area contributed by atoms with Crippen LogP contribution in [0.25, 0.3) is 16.6 Å². The van der Waals surface area contributed by atoms with Crippen LogP contribution in [0.4, 0.5) is 20.2 Å². The molecule has 4 aromatic rings. The van der Waals surface area contributed by atoms with Crippen molar-refractivity contribution in [1.82, 2.24) is 9.47 Å². The molecule has 5 rings (SSSR count). The summed E-state index contributed by atoms with van der Waals surface area (Å²) >= 11 is 0. The Morgan fingerprint density at radius 1 is 0.952 bits per heavy atom. The molecule has 0 amide bonds. The molecule has 10 heteroatoms. The molecule has 0 unspecified atom stereocenters. The molecule has 0 spiro atoms. The minimum Gasteiger partial charge on any atom is -0.492 e. The van der Waals surface area contributed by atoms with Crippen LogP contribution in [-0.2, 0) is 6.54 Å². The predicted molar refractivity (Wildman–Crippen MR) is 160 cm³/mol. The first-order chi connectivity index (χ1) is 20.3. The Labute approximate surface area is 243 Å². The van der Waals surface area contributed by atoms with Gasteiger partial charge in [0.25, 0.3) is 0 Å². The molecule has 1 fully saturated rings. The van der Waals surface area contributed by atoms with Crippen LogP contribution in [0.15, 0.2) is 65.6 Å². The zero-order valence-electron chi connectivity index (χ0n) is 23.9. The number of aromatic nitrogens is 1. The Morgan fingerprint density at radius 3 is 2.19 bits per heavy atom. The Balaban J connectivity index is 1.60. The van der Waals surface area contributed by atoms with Gasteiger partial charge >= 0.3 is 5.97 Å². The van der Waals surface area contributed by atoms with Crippen molar-refractivity contribution in [3.63, 3.8) is 0 Å². The Hall–Kier alpha value is -4.44. The molecule has 0 radical (unpaired) electrons. The summed E-state index contributed by atoms with van der Waals surface area (Å²) in [5, 5.41) is 9.71. The zero-order chi connectivity index (χ0) is 30.0. The number of ether oxygens (including phenoxy) is 1. The van der Waals surface area contributed by atoms with Gasteiger partial charge in [0, 0.05) is 44.6 Å². The molecule has 220 valence electrons. The van der Waals surface area contributed by atoms with E-state index in [9.17, 15) is 19.1 Å². The number of carboxylic acids is 1. The third kappa shape index (κ3) is 5.42. The minimum absolute atomic E-state index is 0.0924. The van der Waals surface area contributed by atoms with Crippen LogP contribution in [0.3, 0.4) is 0 Å². The summed E-state index contributed by atoms with van der Waals surface area (Å²) in [6, 6.07) is 15.2. The van der Waals surface area contributed by atoms with E-state index < -0.39 is 22.8 Å². The van der Waals surface area contributed by atoms with Gasteiger partial charge in [-0.25, -0.2) is 13.6 Å². The van der Waals surface area contributed by atoms with Crippen molar-refractivity contribution < 1.29 is 23.4 Å². The molecule has 0 bridgehead atoms. The molecule has 1 saturated heterocycles. The number of aromatic carboxylic acids is 1. The standard InChI is InChI=1S/C32H34F2N4O4/c1-4-35(5-2)19-21-10-12-22(13-11-21)38-20-24(32(40)41)30(39)23-18-26(34)29(31(42-3)28(23)38)37-16-14-36(15-17-37)27-9-7-6-8-25(27)33/h6-13,18,20H,4-5,14-17,19H2,1-3H3,(H,40,41). The summed E-state index contributed by atoms with van der Waals surface area (Å²) in [5.74, 6) is -2.28. The van der Waals surface area contributed by atoms with Gasteiger partial charge in [0.1, 0.15) is 22.6 Å². The summed E-state index contributed by atoms with van der Waals surface area (Å²) in [7, 11) is 1.40. The van der Waals surface area contributed by atoms with Crippen LogP contribution in [0.5, 0.6) is 5.75 Å². The molecule has 1 N–H and O–H groups in total. The number of hydrogen-bond donors (Lipinski definition) is 1. The smallest absolute Gasteiger partial charge is 0.341 e. The number of halogens is 2. The van der Waals surface area contributed by atoms with Gasteiger partial charge < -0.3 is 24.2 Å². The van der Waals surface area contributed by atoms with E-state index in [4.69, 9.17) is 4.74 Å². The lowest BCUT2D eigenvalue weighted by Gasteiger charge is -2.38. The maximum Gasteiger partial charge on any atom is 0.341 e. The molecule has 1 aliphatic heterocycles. The number of methoxy groups -OCH3 is 1. The van der Waals surface area contributed by atoms with Crippen molar-refractivity contribution in [2.24, 2.45) is 0 Å². The van der Waals surface area contributed by atoms with Crippen LogP contribution >= 0.6 is 0 Å². The second kappa shape index (κ2) is 12.2. The fourth-order valence-electron chi connectivity index (χ4n) is 5.61. The molecular weight excluding hydrogens is 542 g/mol. The maximum atomic E-state index is 15.8. The average molecular weight is 577 g/mol. The largest absolute Gasteiger partial charge is 0.492 e. The predicted octanol–water partition coefficient (Wildman–Crippen LogP) is 5.14. The van der Waals surface area contributed by atoms with Gasteiger partial charge in [0.2, 0.25) is 5.43 Å². The SMILES string of the molecule is CCN(CC)Cc1ccc(-n2cc(C(=O)O)c(=O)c3cc(F)c(N4CCN(c5ccccc5F)CC4)c(OC)c32)cc1. The Bertz CT molecular complexity index is 1660. The number of hydrogen-bond acceptors (Lipinski definition) is 6. The van der Waals surface area contributed by atoms with Gasteiger partial charge in [-0.1, -0.05) is 38.1 Å². The second-order valence-electron chi connectivity index (χ2n) is 10.2. The van der Waals surface area contributed by atoms with Crippen molar-refractivity contribution in [2.45, 2.75) is 20.4 Å². The van der Waals surface area contributed by atoms with Crippen molar-refractivity contribution >= 4 is 28.2 Å². The number of carboxylic acid groups (broad SMARTS) is 1. The lowest BCUT2D eigenvalue weighted by atomic mass is 10.1. The minimum atomic E-state index is -1.40. The van der Waals surface area contributed by atoms with Crippen molar-refractivity contribution in [1.29, 1.82) is 0 Å². The topological polar surface area (TPSA) is 78.2 Å². The van der Waals surface area contributed by atoms with Crippen LogP contribution in [-0.4, -0.2) is 66.9 Å². The highest BCUT2D eigenvalue weighted by atomic mass is 19.1. The van der Waals surface area contributed by atoms with Crippen LogP contribution < -0.4 is 20.0 Å². The van der Waals surface area contributed by atoms with Crippen LogP contribution in [0.1, 0.15) is 29.8 Å². The first-order valence-electron chi connectivity index (χ1n) is 14.0. The quantitative estimate of drug-likeness (QED) is 0.296. The van der Waals surface area contributed by atoms with Gasteiger partial charge in [-0.3, -0.25) is 9.69 Å². The second-order valence-corrected chi connectivity index (χ2v) is 10.2. The normalized spacial score (nSPS) is 13.7. The molecule has 42 heavy (non-hydrogen) atoms. The lowest BCUT2D eigenvalue weighted by molar-refractivity contribution is 0.0695. The molecular formula is C32H34F2N4O4. The zero-order valence-corrected chi connectivity index (χ0v) is 23.9. The number of pyridine rings is 1. The van der Waals surface area contributed by atoms with E-state index in [0.717, 1.165) is 31.3 Å². The molecule has 0 atom stereocenters. The fourth-order valence-corrected chi connectivity index (χ4v) is 5.61. The first-order valence-corrected chi connectivity index (χ1v) is 14.0. The van der Waals surface area contributed by atoms with Crippen LogP contribution in [0, 0.1) is 11.6 Å². The van der Waals surface area contributed by atoms with E-state index in [-0.39, 0.29) is 28.2 Å². The highest BCUT2D eigenvalue weighted by molar-refractivity contribution is 5.97. The number of para-hydroxylation sites is 1. The summed E-state index contributed by atoms with van der Waals surface area (Å²) in [4.78, 5) is 31.3.